The highest BCUT2D eigenvalue weighted by Gasteiger charge is 2.22. The van der Waals surface area contributed by atoms with Gasteiger partial charge in [0.2, 0.25) is 0 Å². The van der Waals surface area contributed by atoms with Gasteiger partial charge in [-0.05, 0) is 36.5 Å². The molecule has 1 atom stereocenters. The molecule has 18 heavy (non-hydrogen) atoms. The Morgan fingerprint density at radius 2 is 2.22 bits per heavy atom. The summed E-state index contributed by atoms with van der Waals surface area (Å²) in [5.74, 6) is 1.97. The highest BCUT2D eigenvalue weighted by atomic mass is 15.2. The van der Waals surface area contributed by atoms with E-state index in [2.05, 4.69) is 30.9 Å². The van der Waals surface area contributed by atoms with Gasteiger partial charge in [-0.2, -0.15) is 0 Å². The average Bonchev–Trinajstić information content (AvgIpc) is 2.87. The second kappa shape index (κ2) is 6.19. The average molecular weight is 247 g/mol. The number of aromatic nitrogens is 1. The molecule has 1 unspecified atom stereocenters. The summed E-state index contributed by atoms with van der Waals surface area (Å²) in [6, 6.07) is 4.32. The predicted octanol–water partition coefficient (Wildman–Crippen LogP) is 2.73. The van der Waals surface area contributed by atoms with Crippen LogP contribution in [0.25, 0.3) is 0 Å². The standard InChI is InChI=1S/C15H25N3/c1-3-5-14-8-13(10-16)9-15(17-14)18-7-6-12(4-2)11-18/h8-9,12H,3-7,10-11,16H2,1-2H3. The van der Waals surface area contributed by atoms with Crippen molar-refractivity contribution in [2.24, 2.45) is 11.7 Å². The summed E-state index contributed by atoms with van der Waals surface area (Å²) < 4.78 is 0. The minimum absolute atomic E-state index is 0.608. The molecular weight excluding hydrogens is 222 g/mol. The number of hydrogen-bond donors (Lipinski definition) is 1. The third-order valence-electron chi connectivity index (χ3n) is 3.85. The zero-order valence-corrected chi connectivity index (χ0v) is 11.7. The van der Waals surface area contributed by atoms with Crippen LogP contribution < -0.4 is 10.6 Å². The van der Waals surface area contributed by atoms with Gasteiger partial charge >= 0.3 is 0 Å². The van der Waals surface area contributed by atoms with Gasteiger partial charge in [0.1, 0.15) is 5.82 Å². The fraction of sp³-hybridized carbons (Fsp3) is 0.667. The first-order chi connectivity index (χ1) is 8.76. The molecular formula is C15H25N3. The number of nitrogens with two attached hydrogens (primary N) is 1. The normalized spacial score (nSPS) is 19.5. The number of anilines is 1. The molecule has 0 spiro atoms. The van der Waals surface area contributed by atoms with E-state index < -0.39 is 0 Å². The lowest BCUT2D eigenvalue weighted by molar-refractivity contribution is 0.568. The lowest BCUT2D eigenvalue weighted by atomic mass is 10.1. The van der Waals surface area contributed by atoms with Gasteiger partial charge < -0.3 is 10.6 Å². The first-order valence-electron chi connectivity index (χ1n) is 7.21. The quantitative estimate of drug-likeness (QED) is 0.870. The van der Waals surface area contributed by atoms with Crippen LogP contribution in [0.15, 0.2) is 12.1 Å². The van der Waals surface area contributed by atoms with Gasteiger partial charge in [-0.1, -0.05) is 26.7 Å². The molecule has 1 aromatic rings. The van der Waals surface area contributed by atoms with E-state index in [9.17, 15) is 0 Å². The highest BCUT2D eigenvalue weighted by molar-refractivity contribution is 5.44. The van der Waals surface area contributed by atoms with E-state index in [4.69, 9.17) is 10.7 Å². The maximum absolute atomic E-state index is 5.79. The van der Waals surface area contributed by atoms with Gasteiger partial charge in [-0.3, -0.25) is 0 Å². The summed E-state index contributed by atoms with van der Waals surface area (Å²) in [5, 5.41) is 0. The van der Waals surface area contributed by atoms with Crippen molar-refractivity contribution in [3.8, 4) is 0 Å². The van der Waals surface area contributed by atoms with Gasteiger partial charge in [0.05, 0.1) is 0 Å². The Kier molecular flexibility index (Phi) is 4.59. The smallest absolute Gasteiger partial charge is 0.129 e. The van der Waals surface area contributed by atoms with Crippen LogP contribution in [0.2, 0.25) is 0 Å². The van der Waals surface area contributed by atoms with E-state index in [1.165, 1.54) is 24.1 Å². The molecule has 0 radical (unpaired) electrons. The second-order valence-electron chi connectivity index (χ2n) is 5.29. The fourth-order valence-electron chi connectivity index (χ4n) is 2.67. The van der Waals surface area contributed by atoms with Crippen molar-refractivity contribution in [3.05, 3.63) is 23.4 Å². The lowest BCUT2D eigenvalue weighted by Gasteiger charge is -2.19. The molecule has 3 heteroatoms. The van der Waals surface area contributed by atoms with Crippen molar-refractivity contribution in [1.29, 1.82) is 0 Å². The van der Waals surface area contributed by atoms with E-state index in [1.807, 2.05) is 0 Å². The number of aryl methyl sites for hydroxylation is 1. The van der Waals surface area contributed by atoms with E-state index in [1.54, 1.807) is 0 Å². The first kappa shape index (κ1) is 13.3. The van der Waals surface area contributed by atoms with Crippen molar-refractivity contribution < 1.29 is 0 Å². The van der Waals surface area contributed by atoms with Crippen LogP contribution in [0.4, 0.5) is 5.82 Å². The Bertz CT molecular complexity index is 389. The van der Waals surface area contributed by atoms with E-state index in [0.717, 1.165) is 37.7 Å². The van der Waals surface area contributed by atoms with Crippen molar-refractivity contribution >= 4 is 5.82 Å². The molecule has 1 aromatic heterocycles. The first-order valence-corrected chi connectivity index (χ1v) is 7.21. The maximum Gasteiger partial charge on any atom is 0.129 e. The van der Waals surface area contributed by atoms with Crippen LogP contribution in [0, 0.1) is 5.92 Å². The minimum atomic E-state index is 0.608. The van der Waals surface area contributed by atoms with Gasteiger partial charge in [0, 0.05) is 25.3 Å². The Balaban J connectivity index is 2.18. The largest absolute Gasteiger partial charge is 0.356 e. The monoisotopic (exact) mass is 247 g/mol. The summed E-state index contributed by atoms with van der Waals surface area (Å²) in [5.41, 5.74) is 8.19. The molecule has 1 aliphatic rings. The van der Waals surface area contributed by atoms with Crippen LogP contribution in [0.1, 0.15) is 44.4 Å². The molecule has 2 heterocycles. The molecule has 100 valence electrons. The second-order valence-corrected chi connectivity index (χ2v) is 5.29. The SMILES string of the molecule is CCCc1cc(CN)cc(N2CCC(CC)C2)n1. The van der Waals surface area contributed by atoms with Gasteiger partial charge in [0.25, 0.3) is 0 Å². The third-order valence-corrected chi connectivity index (χ3v) is 3.85. The molecule has 1 aliphatic heterocycles. The van der Waals surface area contributed by atoms with Gasteiger partial charge in [-0.25, -0.2) is 4.98 Å². The van der Waals surface area contributed by atoms with Crippen LogP contribution in [0.3, 0.4) is 0 Å². The maximum atomic E-state index is 5.79. The highest BCUT2D eigenvalue weighted by Crippen LogP contribution is 2.25. The summed E-state index contributed by atoms with van der Waals surface area (Å²) in [6.07, 6.45) is 4.76. The fourth-order valence-corrected chi connectivity index (χ4v) is 2.67. The molecule has 0 amide bonds. The lowest BCUT2D eigenvalue weighted by Crippen LogP contribution is -2.21. The third kappa shape index (κ3) is 3.02. The molecule has 0 aliphatic carbocycles. The van der Waals surface area contributed by atoms with Crippen molar-refractivity contribution in [2.75, 3.05) is 18.0 Å². The minimum Gasteiger partial charge on any atom is -0.356 e. The number of pyridine rings is 1. The van der Waals surface area contributed by atoms with Crippen molar-refractivity contribution in [1.82, 2.24) is 4.98 Å². The van der Waals surface area contributed by atoms with Crippen LogP contribution in [-0.2, 0) is 13.0 Å². The molecule has 3 nitrogen and oxygen atoms in total. The number of rotatable bonds is 5. The molecule has 0 aromatic carbocycles. The zero-order chi connectivity index (χ0) is 13.0. The van der Waals surface area contributed by atoms with E-state index in [-0.39, 0.29) is 0 Å². The summed E-state index contributed by atoms with van der Waals surface area (Å²) in [7, 11) is 0. The van der Waals surface area contributed by atoms with Crippen LogP contribution in [-0.4, -0.2) is 18.1 Å². The van der Waals surface area contributed by atoms with Gasteiger partial charge in [0.15, 0.2) is 0 Å². The van der Waals surface area contributed by atoms with Crippen molar-refractivity contribution in [3.63, 3.8) is 0 Å². The number of hydrogen-bond acceptors (Lipinski definition) is 3. The zero-order valence-electron chi connectivity index (χ0n) is 11.7. The Morgan fingerprint density at radius 3 is 2.83 bits per heavy atom. The summed E-state index contributed by atoms with van der Waals surface area (Å²) >= 11 is 0. The predicted molar refractivity (Wildman–Crippen MR) is 76.7 cm³/mol. The Hall–Kier alpha value is -1.09. The molecule has 2 rings (SSSR count). The molecule has 1 saturated heterocycles. The van der Waals surface area contributed by atoms with E-state index >= 15 is 0 Å². The molecule has 2 N–H and O–H groups in total. The van der Waals surface area contributed by atoms with Crippen molar-refractivity contribution in [2.45, 2.75) is 46.1 Å². The van der Waals surface area contributed by atoms with Crippen LogP contribution in [0.5, 0.6) is 0 Å². The summed E-state index contributed by atoms with van der Waals surface area (Å²) in [6.45, 7) is 7.38. The van der Waals surface area contributed by atoms with Crippen LogP contribution >= 0.6 is 0 Å². The summed E-state index contributed by atoms with van der Waals surface area (Å²) in [4.78, 5) is 7.22. The van der Waals surface area contributed by atoms with E-state index in [0.29, 0.717) is 6.54 Å². The van der Waals surface area contributed by atoms with Gasteiger partial charge in [-0.15, -0.1) is 0 Å². The molecule has 0 bridgehead atoms. The molecule has 1 fully saturated rings. The molecule has 0 saturated carbocycles. The Labute approximate surface area is 110 Å². The number of nitrogens with zero attached hydrogens (tertiary/aromatic N) is 2. The topological polar surface area (TPSA) is 42.1 Å². The Morgan fingerprint density at radius 1 is 1.39 bits per heavy atom.